The maximum atomic E-state index is 12.5. The molecule has 176 valence electrons. The number of carbonyl (C=O) groups is 1. The number of carbonyl (C=O) groups excluding carboxylic acids is 1. The first-order valence-electron chi connectivity index (χ1n) is 11.6. The number of hydrogen-bond acceptors (Lipinski definition) is 5. The molecule has 1 N–H and O–H groups in total. The van der Waals surface area contributed by atoms with E-state index in [1.54, 1.807) is 18.2 Å². The molecule has 9 heteroatoms. The van der Waals surface area contributed by atoms with Crippen LogP contribution in [0.15, 0.2) is 54.6 Å². The number of sulfonamides is 1. The van der Waals surface area contributed by atoms with Crippen molar-refractivity contribution >= 4 is 33.4 Å². The van der Waals surface area contributed by atoms with E-state index in [-0.39, 0.29) is 11.7 Å². The molecule has 0 radical (unpaired) electrons. The Morgan fingerprint density at radius 3 is 2.62 bits per heavy atom. The van der Waals surface area contributed by atoms with E-state index in [4.69, 9.17) is 0 Å². The van der Waals surface area contributed by atoms with Gasteiger partial charge in [-0.05, 0) is 55.2 Å². The highest BCUT2D eigenvalue weighted by Gasteiger charge is 2.28. The number of aryl methyl sites for hydroxylation is 1. The minimum Gasteiger partial charge on any atom is -0.322 e. The van der Waals surface area contributed by atoms with Crippen molar-refractivity contribution < 1.29 is 13.2 Å². The minimum absolute atomic E-state index is 0.190. The lowest BCUT2D eigenvalue weighted by atomic mass is 10.1. The molecule has 1 fully saturated rings. The van der Waals surface area contributed by atoms with Gasteiger partial charge in [0.25, 0.3) is 0 Å². The van der Waals surface area contributed by atoms with Crippen molar-refractivity contribution in [1.29, 1.82) is 0 Å². The first-order valence-corrected chi connectivity index (χ1v) is 13.2. The Bertz CT molecular complexity index is 1330. The summed E-state index contributed by atoms with van der Waals surface area (Å²) in [6, 6.07) is 14.8. The van der Waals surface area contributed by atoms with Gasteiger partial charge in [-0.2, -0.15) is 0 Å². The van der Waals surface area contributed by atoms with Crippen LogP contribution >= 0.6 is 0 Å². The van der Waals surface area contributed by atoms with E-state index in [1.807, 2.05) is 36.4 Å². The second-order valence-corrected chi connectivity index (χ2v) is 10.7. The van der Waals surface area contributed by atoms with Gasteiger partial charge in [0, 0.05) is 36.8 Å². The summed E-state index contributed by atoms with van der Waals surface area (Å²) in [5, 5.41) is 11.7. The highest BCUT2D eigenvalue weighted by Crippen LogP contribution is 2.26. The summed E-state index contributed by atoms with van der Waals surface area (Å²) in [4.78, 5) is 12.5. The lowest BCUT2D eigenvalue weighted by molar-refractivity contribution is -0.111. The summed E-state index contributed by atoms with van der Waals surface area (Å²) in [7, 11) is -3.20. The molecular formula is C25H27N5O3S. The largest absolute Gasteiger partial charge is 0.322 e. The third-order valence-electron chi connectivity index (χ3n) is 6.21. The van der Waals surface area contributed by atoms with E-state index < -0.39 is 10.0 Å². The normalized spacial score (nSPS) is 17.5. The molecule has 0 unspecified atom stereocenters. The van der Waals surface area contributed by atoms with Crippen LogP contribution in [0, 0.1) is 0 Å². The minimum atomic E-state index is -3.20. The Balaban J connectivity index is 1.25. The molecule has 3 aromatic rings. The zero-order valence-corrected chi connectivity index (χ0v) is 19.7. The van der Waals surface area contributed by atoms with E-state index in [1.165, 1.54) is 16.8 Å². The number of nitrogens with one attached hydrogen (secondary N) is 1. The van der Waals surface area contributed by atoms with Crippen molar-refractivity contribution in [1.82, 2.24) is 14.8 Å². The summed E-state index contributed by atoms with van der Waals surface area (Å²) in [6.07, 6.45) is 8.23. The van der Waals surface area contributed by atoms with Gasteiger partial charge in [-0.15, -0.1) is 10.2 Å². The van der Waals surface area contributed by atoms with Gasteiger partial charge < -0.3 is 9.88 Å². The second-order valence-electron chi connectivity index (χ2n) is 8.64. The van der Waals surface area contributed by atoms with Crippen LogP contribution in [0.1, 0.15) is 37.1 Å². The zero-order valence-electron chi connectivity index (χ0n) is 18.9. The smallest absolute Gasteiger partial charge is 0.248 e. The molecule has 5 rings (SSSR count). The van der Waals surface area contributed by atoms with Crippen LogP contribution in [0.2, 0.25) is 0 Å². The lowest BCUT2D eigenvalue weighted by Crippen LogP contribution is -2.24. The molecule has 1 aromatic heterocycles. The van der Waals surface area contributed by atoms with Crippen molar-refractivity contribution in [2.24, 2.45) is 0 Å². The van der Waals surface area contributed by atoms with Gasteiger partial charge in [0.2, 0.25) is 15.9 Å². The molecule has 2 aliphatic heterocycles. The summed E-state index contributed by atoms with van der Waals surface area (Å²) in [5.74, 6) is 1.81. The average molecular weight is 478 g/mol. The number of benzene rings is 2. The second kappa shape index (κ2) is 9.42. The van der Waals surface area contributed by atoms with Crippen LogP contribution < -0.4 is 9.62 Å². The van der Waals surface area contributed by atoms with Gasteiger partial charge in [-0.3, -0.25) is 9.10 Å². The SMILES string of the molecule is O=C(/C=C/c1ccc(N2CCCS2(=O)=O)cc1)Nc1cccc(-c2nnc3n2CCCCC3)c1. The highest BCUT2D eigenvalue weighted by molar-refractivity contribution is 7.93. The van der Waals surface area contributed by atoms with Crippen molar-refractivity contribution in [3.05, 3.63) is 66.0 Å². The van der Waals surface area contributed by atoms with Crippen LogP contribution in [-0.4, -0.2) is 41.4 Å². The molecule has 1 amide bonds. The van der Waals surface area contributed by atoms with Crippen LogP contribution in [-0.2, 0) is 27.8 Å². The Morgan fingerprint density at radius 2 is 1.82 bits per heavy atom. The van der Waals surface area contributed by atoms with Gasteiger partial charge in [0.1, 0.15) is 5.82 Å². The van der Waals surface area contributed by atoms with Gasteiger partial charge in [-0.1, -0.05) is 30.7 Å². The molecular weight excluding hydrogens is 450 g/mol. The topological polar surface area (TPSA) is 97.2 Å². The predicted molar refractivity (Wildman–Crippen MR) is 133 cm³/mol. The monoisotopic (exact) mass is 477 g/mol. The predicted octanol–water partition coefficient (Wildman–Crippen LogP) is 3.86. The molecule has 8 nitrogen and oxygen atoms in total. The molecule has 1 saturated heterocycles. The average Bonchev–Trinajstić information content (AvgIpc) is 3.32. The standard InChI is InChI=1S/C25H27N5O3S/c31-24(14-11-19-9-12-22(13-10-19)30-16-5-17-34(30,32)33)26-21-7-4-6-20(18-21)25-28-27-23-8-2-1-3-15-29(23)25/h4,6-7,9-14,18H,1-3,5,8,15-17H2,(H,26,31)/b14-11+. The lowest BCUT2D eigenvalue weighted by Gasteiger charge is -2.16. The number of amides is 1. The zero-order chi connectivity index (χ0) is 23.5. The van der Waals surface area contributed by atoms with Gasteiger partial charge >= 0.3 is 0 Å². The number of rotatable bonds is 5. The summed E-state index contributed by atoms with van der Waals surface area (Å²) >= 11 is 0. The van der Waals surface area contributed by atoms with E-state index in [2.05, 4.69) is 20.1 Å². The van der Waals surface area contributed by atoms with Crippen LogP contribution in [0.5, 0.6) is 0 Å². The molecule has 0 spiro atoms. The number of anilines is 2. The van der Waals surface area contributed by atoms with Crippen LogP contribution in [0.3, 0.4) is 0 Å². The molecule has 0 atom stereocenters. The van der Waals surface area contributed by atoms with Crippen LogP contribution in [0.4, 0.5) is 11.4 Å². The summed E-state index contributed by atoms with van der Waals surface area (Å²) < 4.78 is 27.8. The van der Waals surface area contributed by atoms with Crippen molar-refractivity contribution in [3.63, 3.8) is 0 Å². The Kier molecular flexibility index (Phi) is 6.19. The van der Waals surface area contributed by atoms with Gasteiger partial charge in [-0.25, -0.2) is 8.42 Å². The van der Waals surface area contributed by atoms with E-state index in [9.17, 15) is 13.2 Å². The van der Waals surface area contributed by atoms with Crippen molar-refractivity contribution in [2.45, 2.75) is 38.6 Å². The molecule has 0 bridgehead atoms. The third kappa shape index (κ3) is 4.75. The molecule has 2 aliphatic rings. The van der Waals surface area contributed by atoms with E-state index in [0.717, 1.165) is 48.6 Å². The van der Waals surface area contributed by atoms with Crippen LogP contribution in [0.25, 0.3) is 17.5 Å². The Labute approximate surface area is 199 Å². The summed E-state index contributed by atoms with van der Waals surface area (Å²) in [5.41, 5.74) is 3.08. The number of nitrogens with zero attached hydrogens (tertiary/aromatic N) is 4. The molecule has 34 heavy (non-hydrogen) atoms. The number of hydrogen-bond donors (Lipinski definition) is 1. The highest BCUT2D eigenvalue weighted by atomic mass is 32.2. The van der Waals surface area contributed by atoms with Gasteiger partial charge in [0.15, 0.2) is 5.82 Å². The van der Waals surface area contributed by atoms with E-state index >= 15 is 0 Å². The van der Waals surface area contributed by atoms with Crippen molar-refractivity contribution in [2.75, 3.05) is 21.9 Å². The number of aromatic nitrogens is 3. The summed E-state index contributed by atoms with van der Waals surface area (Å²) in [6.45, 7) is 1.43. The quantitative estimate of drug-likeness (QED) is 0.563. The molecule has 0 aliphatic carbocycles. The first-order chi connectivity index (χ1) is 16.5. The number of fused-ring (bicyclic) bond motifs is 1. The maximum absolute atomic E-state index is 12.5. The first kappa shape index (κ1) is 22.3. The molecule has 0 saturated carbocycles. The maximum Gasteiger partial charge on any atom is 0.248 e. The molecule has 2 aromatic carbocycles. The fraction of sp³-hybridized carbons (Fsp3) is 0.320. The Hall–Kier alpha value is -3.46. The van der Waals surface area contributed by atoms with E-state index in [0.29, 0.717) is 24.3 Å². The fourth-order valence-corrected chi connectivity index (χ4v) is 6.04. The molecule has 3 heterocycles. The fourth-order valence-electron chi connectivity index (χ4n) is 4.47. The third-order valence-corrected chi connectivity index (χ3v) is 8.07. The van der Waals surface area contributed by atoms with Crippen molar-refractivity contribution in [3.8, 4) is 11.4 Å². The Morgan fingerprint density at radius 1 is 0.971 bits per heavy atom. The van der Waals surface area contributed by atoms with Gasteiger partial charge in [0.05, 0.1) is 11.4 Å².